The highest BCUT2D eigenvalue weighted by Crippen LogP contribution is 2.34. The quantitative estimate of drug-likeness (QED) is 0.477. The van der Waals surface area contributed by atoms with Gasteiger partial charge in [-0.2, -0.15) is 0 Å². The lowest BCUT2D eigenvalue weighted by Crippen LogP contribution is -2.48. The fourth-order valence-corrected chi connectivity index (χ4v) is 4.24. The van der Waals surface area contributed by atoms with Gasteiger partial charge in [-0.25, -0.2) is 0 Å². The van der Waals surface area contributed by atoms with Gasteiger partial charge < -0.3 is 19.4 Å². The summed E-state index contributed by atoms with van der Waals surface area (Å²) in [5, 5.41) is 22.6. The predicted molar refractivity (Wildman–Crippen MR) is 122 cm³/mol. The number of hydrogen-bond acceptors (Lipinski definition) is 8. The summed E-state index contributed by atoms with van der Waals surface area (Å²) in [5.41, 5.74) is 1.37. The van der Waals surface area contributed by atoms with Crippen molar-refractivity contribution in [3.05, 3.63) is 67.2 Å². The summed E-state index contributed by atoms with van der Waals surface area (Å²) in [6.07, 6.45) is 0. The molecule has 2 heterocycles. The second kappa shape index (κ2) is 9.59. The van der Waals surface area contributed by atoms with E-state index in [1.54, 1.807) is 11.0 Å². The zero-order valence-electron chi connectivity index (χ0n) is 17.7. The molecule has 2 aromatic carbocycles. The molecule has 2 saturated heterocycles. The summed E-state index contributed by atoms with van der Waals surface area (Å²) in [5.74, 6) is -0.299. The standard InChI is InChI=1S/C21H22ClN5O6/c22-17-3-1-15(13-19(17)27(31)32)21(28)25-7-5-23(6-8-25)16-2-4-18(26(29)30)20(14-16)24-9-11-33-12-10-24/h1-4,13-14H,5-12H2. The molecule has 0 N–H and O–H groups in total. The fraction of sp³-hybridized carbons (Fsp3) is 0.381. The molecule has 1 amide bonds. The SMILES string of the molecule is O=C(c1ccc(Cl)c([N+](=O)[O-])c1)N1CCN(c2ccc([N+](=O)[O-])c(N3CCOCC3)c2)CC1. The van der Waals surface area contributed by atoms with Gasteiger partial charge in [-0.3, -0.25) is 25.0 Å². The highest BCUT2D eigenvalue weighted by atomic mass is 35.5. The maximum absolute atomic E-state index is 12.9. The van der Waals surface area contributed by atoms with E-state index in [1.807, 2.05) is 11.0 Å². The van der Waals surface area contributed by atoms with Crippen LogP contribution in [-0.2, 0) is 4.74 Å². The number of rotatable bonds is 5. The van der Waals surface area contributed by atoms with E-state index in [0.717, 1.165) is 5.69 Å². The number of carbonyl (C=O) groups excluding carboxylic acids is 1. The van der Waals surface area contributed by atoms with Crippen LogP contribution in [0.4, 0.5) is 22.7 Å². The molecule has 0 spiro atoms. The minimum atomic E-state index is -0.613. The van der Waals surface area contributed by atoms with E-state index in [9.17, 15) is 25.0 Å². The summed E-state index contributed by atoms with van der Waals surface area (Å²) < 4.78 is 5.36. The molecule has 2 aliphatic heterocycles. The lowest BCUT2D eigenvalue weighted by molar-refractivity contribution is -0.384. The minimum Gasteiger partial charge on any atom is -0.378 e. The van der Waals surface area contributed by atoms with Crippen LogP contribution in [0.3, 0.4) is 0 Å². The minimum absolute atomic E-state index is 0.0180. The van der Waals surface area contributed by atoms with Gasteiger partial charge in [0.1, 0.15) is 10.7 Å². The molecular formula is C21H22ClN5O6. The van der Waals surface area contributed by atoms with Crippen molar-refractivity contribution in [3.63, 3.8) is 0 Å². The molecule has 12 heteroatoms. The number of hydrogen-bond donors (Lipinski definition) is 0. The summed E-state index contributed by atoms with van der Waals surface area (Å²) in [7, 11) is 0. The number of amides is 1. The van der Waals surface area contributed by atoms with Crippen LogP contribution in [0.1, 0.15) is 10.4 Å². The van der Waals surface area contributed by atoms with E-state index in [1.165, 1.54) is 24.3 Å². The molecule has 0 atom stereocenters. The van der Waals surface area contributed by atoms with Gasteiger partial charge in [-0.1, -0.05) is 11.6 Å². The summed E-state index contributed by atoms with van der Waals surface area (Å²) >= 11 is 5.84. The van der Waals surface area contributed by atoms with Gasteiger partial charge in [-0.15, -0.1) is 0 Å². The van der Waals surface area contributed by atoms with Crippen molar-refractivity contribution in [1.29, 1.82) is 0 Å². The second-order valence-electron chi connectivity index (χ2n) is 7.73. The molecule has 0 aromatic heterocycles. The van der Waals surface area contributed by atoms with Gasteiger partial charge in [0.05, 0.1) is 23.1 Å². The van der Waals surface area contributed by atoms with Crippen LogP contribution in [-0.4, -0.2) is 73.1 Å². The van der Waals surface area contributed by atoms with Crippen LogP contribution in [0.5, 0.6) is 0 Å². The number of carbonyl (C=O) groups is 1. The van der Waals surface area contributed by atoms with E-state index in [-0.39, 0.29) is 32.8 Å². The summed E-state index contributed by atoms with van der Waals surface area (Å²) in [4.78, 5) is 40.2. The Morgan fingerprint density at radius 1 is 0.848 bits per heavy atom. The Morgan fingerprint density at radius 2 is 1.52 bits per heavy atom. The molecule has 4 rings (SSSR count). The second-order valence-corrected chi connectivity index (χ2v) is 8.14. The van der Waals surface area contributed by atoms with Crippen molar-refractivity contribution in [1.82, 2.24) is 4.90 Å². The van der Waals surface area contributed by atoms with Crippen molar-refractivity contribution < 1.29 is 19.4 Å². The molecule has 0 bridgehead atoms. The molecule has 2 aromatic rings. The van der Waals surface area contributed by atoms with Gasteiger partial charge in [0.15, 0.2) is 0 Å². The first-order chi connectivity index (χ1) is 15.8. The first-order valence-corrected chi connectivity index (χ1v) is 10.8. The third-order valence-electron chi connectivity index (χ3n) is 5.83. The number of nitrogens with zero attached hydrogens (tertiary/aromatic N) is 5. The molecule has 33 heavy (non-hydrogen) atoms. The maximum atomic E-state index is 12.9. The van der Waals surface area contributed by atoms with Crippen LogP contribution >= 0.6 is 11.6 Å². The first kappa shape index (κ1) is 22.7. The van der Waals surface area contributed by atoms with E-state index in [0.29, 0.717) is 58.2 Å². The normalized spacial score (nSPS) is 16.6. The predicted octanol–water partition coefficient (Wildman–Crippen LogP) is 2.96. The number of piperazine rings is 1. The summed E-state index contributed by atoms with van der Waals surface area (Å²) in [6, 6.07) is 9.10. The number of morpholine rings is 1. The van der Waals surface area contributed by atoms with Crippen LogP contribution in [0.2, 0.25) is 5.02 Å². The van der Waals surface area contributed by atoms with Crippen molar-refractivity contribution >= 4 is 40.3 Å². The number of ether oxygens (including phenoxy) is 1. The van der Waals surface area contributed by atoms with Crippen LogP contribution in [0.15, 0.2) is 36.4 Å². The van der Waals surface area contributed by atoms with Crippen molar-refractivity contribution in [2.45, 2.75) is 0 Å². The van der Waals surface area contributed by atoms with Gasteiger partial charge in [0, 0.05) is 62.7 Å². The number of anilines is 2. The lowest BCUT2D eigenvalue weighted by atomic mass is 10.1. The van der Waals surface area contributed by atoms with Gasteiger partial charge in [0.2, 0.25) is 0 Å². The Hall–Kier alpha value is -3.44. The average molecular weight is 476 g/mol. The Balaban J connectivity index is 1.47. The fourth-order valence-electron chi connectivity index (χ4n) is 4.06. The van der Waals surface area contributed by atoms with E-state index in [2.05, 4.69) is 4.90 Å². The van der Waals surface area contributed by atoms with E-state index in [4.69, 9.17) is 16.3 Å². The number of benzene rings is 2. The smallest absolute Gasteiger partial charge is 0.292 e. The average Bonchev–Trinajstić information content (AvgIpc) is 2.84. The van der Waals surface area contributed by atoms with Gasteiger partial charge in [0.25, 0.3) is 17.3 Å². The third kappa shape index (κ3) is 4.83. The van der Waals surface area contributed by atoms with Gasteiger partial charge >= 0.3 is 0 Å². The maximum Gasteiger partial charge on any atom is 0.292 e. The monoisotopic (exact) mass is 475 g/mol. The molecule has 174 valence electrons. The first-order valence-electron chi connectivity index (χ1n) is 10.4. The van der Waals surface area contributed by atoms with Crippen molar-refractivity contribution in [2.24, 2.45) is 0 Å². The van der Waals surface area contributed by atoms with Crippen LogP contribution < -0.4 is 9.80 Å². The zero-order valence-corrected chi connectivity index (χ0v) is 18.4. The van der Waals surface area contributed by atoms with Crippen molar-refractivity contribution in [3.8, 4) is 0 Å². The van der Waals surface area contributed by atoms with Crippen molar-refractivity contribution in [2.75, 3.05) is 62.3 Å². The number of nitro benzene ring substituents is 2. The highest BCUT2D eigenvalue weighted by molar-refractivity contribution is 6.32. The van der Waals surface area contributed by atoms with Gasteiger partial charge in [-0.05, 0) is 24.3 Å². The molecular weight excluding hydrogens is 454 g/mol. The Bertz CT molecular complexity index is 1080. The molecule has 0 radical (unpaired) electrons. The molecule has 11 nitrogen and oxygen atoms in total. The highest BCUT2D eigenvalue weighted by Gasteiger charge is 2.27. The summed E-state index contributed by atoms with van der Waals surface area (Å²) in [6.45, 7) is 4.09. The van der Waals surface area contributed by atoms with E-state index < -0.39 is 4.92 Å². The molecule has 2 aliphatic rings. The Labute approximate surface area is 194 Å². The Kier molecular flexibility index (Phi) is 6.61. The van der Waals surface area contributed by atoms with Crippen LogP contribution in [0, 0.1) is 20.2 Å². The molecule has 0 saturated carbocycles. The zero-order chi connectivity index (χ0) is 23.5. The van der Waals surface area contributed by atoms with Crippen LogP contribution in [0.25, 0.3) is 0 Å². The molecule has 0 aliphatic carbocycles. The molecule has 0 unspecified atom stereocenters. The number of halogens is 1. The largest absolute Gasteiger partial charge is 0.378 e. The topological polar surface area (TPSA) is 122 Å². The lowest BCUT2D eigenvalue weighted by Gasteiger charge is -2.37. The molecule has 2 fully saturated rings. The number of nitro groups is 2. The third-order valence-corrected chi connectivity index (χ3v) is 6.15. The Morgan fingerprint density at radius 3 is 2.15 bits per heavy atom. The van der Waals surface area contributed by atoms with E-state index >= 15 is 0 Å².